The topological polar surface area (TPSA) is 24.9 Å². The molecule has 1 aromatic carbocycles. The van der Waals surface area contributed by atoms with Gasteiger partial charge in [-0.25, -0.2) is 0 Å². The quantitative estimate of drug-likeness (QED) is 0.765. The molecule has 112 valence electrons. The van der Waals surface area contributed by atoms with Crippen LogP contribution in [0.5, 0.6) is 0 Å². The van der Waals surface area contributed by atoms with E-state index in [1.54, 1.807) is 0 Å². The minimum atomic E-state index is 0.910. The van der Waals surface area contributed by atoms with Gasteiger partial charge in [-0.1, -0.05) is 60.2 Å². The summed E-state index contributed by atoms with van der Waals surface area (Å²) in [6, 6.07) is 8.42. The maximum absolute atomic E-state index is 4.54. The van der Waals surface area contributed by atoms with Crippen LogP contribution in [-0.2, 0) is 6.54 Å². The molecule has 0 atom stereocenters. The highest BCUT2D eigenvalue weighted by molar-refractivity contribution is 9.10. The number of fused-ring (bicyclic) bond motifs is 1. The number of rotatable bonds is 5. The Kier molecular flexibility index (Phi) is 5.26. The number of benzene rings is 1. The van der Waals surface area contributed by atoms with Crippen molar-refractivity contribution in [2.75, 3.05) is 6.54 Å². The van der Waals surface area contributed by atoms with Crippen molar-refractivity contribution in [1.29, 1.82) is 0 Å². The molecule has 2 aromatic rings. The highest BCUT2D eigenvalue weighted by Crippen LogP contribution is 2.26. The van der Waals surface area contributed by atoms with Crippen LogP contribution in [0.2, 0.25) is 0 Å². The van der Waals surface area contributed by atoms with Gasteiger partial charge in [0.1, 0.15) is 0 Å². The van der Waals surface area contributed by atoms with Crippen LogP contribution in [0.1, 0.15) is 44.1 Å². The Morgan fingerprint density at radius 2 is 2.00 bits per heavy atom. The molecule has 1 N–H and O–H groups in total. The summed E-state index contributed by atoms with van der Waals surface area (Å²) < 4.78 is 1.12. The molecule has 3 rings (SSSR count). The predicted octanol–water partition coefficient (Wildman–Crippen LogP) is 5.06. The maximum Gasteiger partial charge on any atom is 0.0758 e. The lowest BCUT2D eigenvalue weighted by atomic mass is 9.87. The minimum absolute atomic E-state index is 0.910. The van der Waals surface area contributed by atoms with Gasteiger partial charge in [-0.3, -0.25) is 4.98 Å². The second-order valence-electron chi connectivity index (χ2n) is 6.08. The van der Waals surface area contributed by atoms with E-state index in [0.717, 1.165) is 29.0 Å². The predicted molar refractivity (Wildman–Crippen MR) is 92.3 cm³/mol. The molecule has 1 aliphatic carbocycles. The molecule has 1 heterocycles. The molecule has 0 saturated heterocycles. The zero-order chi connectivity index (χ0) is 14.5. The van der Waals surface area contributed by atoms with E-state index in [2.05, 4.69) is 44.4 Å². The Morgan fingerprint density at radius 3 is 2.86 bits per heavy atom. The average molecular weight is 347 g/mol. The molecule has 1 aliphatic rings. The summed E-state index contributed by atoms with van der Waals surface area (Å²) >= 11 is 3.60. The third kappa shape index (κ3) is 3.83. The zero-order valence-electron chi connectivity index (χ0n) is 12.4. The molecule has 1 aromatic heterocycles. The molecule has 0 spiro atoms. The van der Waals surface area contributed by atoms with E-state index in [0.29, 0.717) is 0 Å². The Balaban J connectivity index is 1.57. The van der Waals surface area contributed by atoms with Crippen LogP contribution in [0.25, 0.3) is 10.9 Å². The first-order valence-corrected chi connectivity index (χ1v) is 8.87. The monoisotopic (exact) mass is 346 g/mol. The zero-order valence-corrected chi connectivity index (χ0v) is 14.0. The van der Waals surface area contributed by atoms with E-state index in [1.165, 1.54) is 49.5 Å². The van der Waals surface area contributed by atoms with Gasteiger partial charge in [0.15, 0.2) is 0 Å². The lowest BCUT2D eigenvalue weighted by molar-refractivity contribution is 0.334. The number of pyridine rings is 1. The van der Waals surface area contributed by atoms with Crippen LogP contribution in [0, 0.1) is 5.92 Å². The van der Waals surface area contributed by atoms with E-state index in [1.807, 2.05) is 12.3 Å². The van der Waals surface area contributed by atoms with Gasteiger partial charge in [0.2, 0.25) is 0 Å². The molecule has 0 amide bonds. The lowest BCUT2D eigenvalue weighted by Crippen LogP contribution is -2.19. The third-order valence-electron chi connectivity index (χ3n) is 4.57. The standard InChI is InChI=1S/C18H23BrN2/c19-17-9-8-15(18-16(17)7-4-11-21-18)13-20-12-10-14-5-2-1-3-6-14/h4,7-9,11,14,20H,1-3,5-6,10,12-13H2. The second-order valence-corrected chi connectivity index (χ2v) is 6.93. The summed E-state index contributed by atoms with van der Waals surface area (Å²) in [7, 11) is 0. The van der Waals surface area contributed by atoms with E-state index in [-0.39, 0.29) is 0 Å². The fourth-order valence-corrected chi connectivity index (χ4v) is 3.80. The molecule has 1 fully saturated rings. The van der Waals surface area contributed by atoms with E-state index < -0.39 is 0 Å². The Labute approximate surface area is 135 Å². The van der Waals surface area contributed by atoms with Crippen molar-refractivity contribution in [2.24, 2.45) is 5.92 Å². The Bertz CT molecular complexity index is 591. The summed E-state index contributed by atoms with van der Waals surface area (Å²) in [4.78, 5) is 4.54. The third-order valence-corrected chi connectivity index (χ3v) is 5.26. The SMILES string of the molecule is Brc1ccc(CNCCC2CCCCC2)c2ncccc12. The molecule has 3 heteroatoms. The van der Waals surface area contributed by atoms with Gasteiger partial charge in [-0.05, 0) is 36.6 Å². The summed E-state index contributed by atoms with van der Waals surface area (Å²) in [6.07, 6.45) is 10.4. The van der Waals surface area contributed by atoms with Crippen molar-refractivity contribution < 1.29 is 0 Å². The van der Waals surface area contributed by atoms with Gasteiger partial charge >= 0.3 is 0 Å². The first-order chi connectivity index (χ1) is 10.3. The Hall–Kier alpha value is -0.930. The van der Waals surface area contributed by atoms with Gasteiger partial charge in [-0.2, -0.15) is 0 Å². The van der Waals surface area contributed by atoms with E-state index in [4.69, 9.17) is 0 Å². The van der Waals surface area contributed by atoms with Crippen LogP contribution >= 0.6 is 15.9 Å². The van der Waals surface area contributed by atoms with Gasteiger partial charge < -0.3 is 5.32 Å². The molecule has 0 unspecified atom stereocenters. The number of nitrogens with one attached hydrogen (secondary N) is 1. The highest BCUT2D eigenvalue weighted by Gasteiger charge is 2.12. The van der Waals surface area contributed by atoms with Crippen molar-refractivity contribution in [3.05, 3.63) is 40.5 Å². The van der Waals surface area contributed by atoms with Crippen molar-refractivity contribution in [3.63, 3.8) is 0 Å². The number of hydrogen-bond donors (Lipinski definition) is 1. The van der Waals surface area contributed by atoms with Gasteiger partial charge in [-0.15, -0.1) is 0 Å². The molecule has 0 aliphatic heterocycles. The van der Waals surface area contributed by atoms with Gasteiger partial charge in [0.25, 0.3) is 0 Å². The number of aromatic nitrogens is 1. The molecule has 0 radical (unpaired) electrons. The summed E-state index contributed by atoms with van der Waals surface area (Å²) in [6.45, 7) is 2.03. The largest absolute Gasteiger partial charge is 0.313 e. The number of halogens is 1. The van der Waals surface area contributed by atoms with Gasteiger partial charge in [0, 0.05) is 22.6 Å². The van der Waals surface area contributed by atoms with E-state index in [9.17, 15) is 0 Å². The van der Waals surface area contributed by atoms with Crippen LogP contribution in [0.4, 0.5) is 0 Å². The van der Waals surface area contributed by atoms with E-state index >= 15 is 0 Å². The van der Waals surface area contributed by atoms with Crippen molar-refractivity contribution in [2.45, 2.75) is 45.1 Å². The molecule has 21 heavy (non-hydrogen) atoms. The minimum Gasteiger partial charge on any atom is -0.313 e. The fraction of sp³-hybridized carbons (Fsp3) is 0.500. The van der Waals surface area contributed by atoms with Crippen molar-refractivity contribution >= 4 is 26.8 Å². The normalized spacial score (nSPS) is 16.4. The summed E-state index contributed by atoms with van der Waals surface area (Å²) in [5, 5.41) is 4.80. The molecule has 1 saturated carbocycles. The van der Waals surface area contributed by atoms with Crippen LogP contribution in [0.15, 0.2) is 34.9 Å². The number of hydrogen-bond acceptors (Lipinski definition) is 2. The maximum atomic E-state index is 4.54. The molecule has 2 nitrogen and oxygen atoms in total. The Morgan fingerprint density at radius 1 is 1.14 bits per heavy atom. The summed E-state index contributed by atoms with van der Waals surface area (Å²) in [5.74, 6) is 0.950. The van der Waals surface area contributed by atoms with Crippen molar-refractivity contribution in [1.82, 2.24) is 10.3 Å². The van der Waals surface area contributed by atoms with Crippen LogP contribution in [-0.4, -0.2) is 11.5 Å². The summed E-state index contributed by atoms with van der Waals surface area (Å²) in [5.41, 5.74) is 2.40. The smallest absolute Gasteiger partial charge is 0.0758 e. The average Bonchev–Trinajstić information content (AvgIpc) is 2.55. The van der Waals surface area contributed by atoms with Crippen molar-refractivity contribution in [3.8, 4) is 0 Å². The van der Waals surface area contributed by atoms with Crippen LogP contribution in [0.3, 0.4) is 0 Å². The highest BCUT2D eigenvalue weighted by atomic mass is 79.9. The second kappa shape index (κ2) is 7.37. The first-order valence-electron chi connectivity index (χ1n) is 8.07. The van der Waals surface area contributed by atoms with Gasteiger partial charge in [0.05, 0.1) is 5.52 Å². The first kappa shape index (κ1) is 15.0. The fourth-order valence-electron chi connectivity index (χ4n) is 3.34. The van der Waals surface area contributed by atoms with Crippen LogP contribution < -0.4 is 5.32 Å². The molecule has 0 bridgehead atoms. The number of nitrogens with zero attached hydrogens (tertiary/aromatic N) is 1. The molecular formula is C18H23BrN2. The lowest BCUT2D eigenvalue weighted by Gasteiger charge is -2.21. The molecular weight excluding hydrogens is 324 g/mol.